The predicted octanol–water partition coefficient (Wildman–Crippen LogP) is 7.35. The first-order valence-electron chi connectivity index (χ1n) is 15.6. The molecule has 0 spiro atoms. The van der Waals surface area contributed by atoms with E-state index in [9.17, 15) is 19.2 Å². The molecule has 3 unspecified atom stereocenters. The Morgan fingerprint density at radius 1 is 1.04 bits per heavy atom. The molecule has 2 aromatic carbocycles. The van der Waals surface area contributed by atoms with Gasteiger partial charge in [-0.2, -0.15) is 0 Å². The normalized spacial score (nSPS) is 18.4. The molecule has 4 amide bonds. The van der Waals surface area contributed by atoms with Gasteiger partial charge in [0.25, 0.3) is 0 Å². The molecule has 9 nitrogen and oxygen atoms in total. The Morgan fingerprint density at radius 3 is 2.64 bits per heavy atom. The minimum absolute atomic E-state index is 0.0277. The molecule has 0 bridgehead atoms. The third-order valence-electron chi connectivity index (χ3n) is 8.21. The summed E-state index contributed by atoms with van der Waals surface area (Å²) in [5.41, 5.74) is 2.72. The van der Waals surface area contributed by atoms with Gasteiger partial charge < -0.3 is 20.3 Å². The smallest absolute Gasteiger partial charge is 0.341 e. The van der Waals surface area contributed by atoms with Gasteiger partial charge in [0.05, 0.1) is 40.9 Å². The van der Waals surface area contributed by atoms with Crippen molar-refractivity contribution in [2.24, 2.45) is 0 Å². The van der Waals surface area contributed by atoms with Gasteiger partial charge in [-0.25, -0.2) is 9.59 Å². The van der Waals surface area contributed by atoms with Crippen LogP contribution in [-0.2, 0) is 27.3 Å². The summed E-state index contributed by atoms with van der Waals surface area (Å²) < 4.78 is 5.35. The van der Waals surface area contributed by atoms with Crippen LogP contribution in [-0.4, -0.2) is 58.4 Å². The Morgan fingerprint density at radius 2 is 1.85 bits per heavy atom. The van der Waals surface area contributed by atoms with Crippen LogP contribution in [0.3, 0.4) is 0 Å². The summed E-state index contributed by atoms with van der Waals surface area (Å²) in [6, 6.07) is 15.1. The summed E-state index contributed by atoms with van der Waals surface area (Å²) >= 11 is 4.48. The lowest BCUT2D eigenvalue weighted by molar-refractivity contribution is -0.129. The van der Waals surface area contributed by atoms with E-state index in [1.54, 1.807) is 23.6 Å². The molecule has 3 aliphatic rings. The molecule has 3 heterocycles. The van der Waals surface area contributed by atoms with Crippen molar-refractivity contribution >= 4 is 75.1 Å². The Bertz CT molecular complexity index is 1770. The number of fused-ring (bicyclic) bond motifs is 3. The van der Waals surface area contributed by atoms with Gasteiger partial charge in [0.1, 0.15) is 5.00 Å². The molecular weight excluding hydrogens is 653 g/mol. The monoisotopic (exact) mass is 688 g/mol. The number of ether oxygens (including phenoxy) is 1. The van der Waals surface area contributed by atoms with Crippen LogP contribution in [0.5, 0.6) is 0 Å². The largest absolute Gasteiger partial charge is 0.462 e. The molecular formula is C35H36N4O5S3. The number of anilines is 3. The summed E-state index contributed by atoms with van der Waals surface area (Å²) in [5, 5.41) is 6.21. The van der Waals surface area contributed by atoms with Crippen LogP contribution in [0.4, 0.5) is 21.2 Å². The van der Waals surface area contributed by atoms with Crippen LogP contribution in [0.15, 0.2) is 82.6 Å². The number of amides is 4. The lowest BCUT2D eigenvalue weighted by atomic mass is 10.0. The fourth-order valence-electron chi connectivity index (χ4n) is 5.91. The second-order valence-electron chi connectivity index (χ2n) is 11.3. The van der Waals surface area contributed by atoms with E-state index in [0.29, 0.717) is 42.2 Å². The van der Waals surface area contributed by atoms with Crippen LogP contribution >= 0.6 is 34.9 Å². The number of nitrogens with zero attached hydrogens (tertiary/aromatic N) is 2. The number of rotatable bonds is 8. The molecule has 3 atom stereocenters. The summed E-state index contributed by atoms with van der Waals surface area (Å²) in [5.74, 6) is -0.730. The van der Waals surface area contributed by atoms with Crippen LogP contribution in [0.2, 0.25) is 0 Å². The van der Waals surface area contributed by atoms with E-state index < -0.39 is 11.2 Å². The minimum Gasteiger partial charge on any atom is -0.462 e. The molecule has 2 aliphatic heterocycles. The highest BCUT2D eigenvalue weighted by atomic mass is 32.2. The van der Waals surface area contributed by atoms with Crippen LogP contribution in [0, 0.1) is 0 Å². The van der Waals surface area contributed by atoms with E-state index in [2.05, 4.69) is 22.8 Å². The van der Waals surface area contributed by atoms with Gasteiger partial charge in [-0.3, -0.25) is 14.5 Å². The maximum atomic E-state index is 13.8. The first-order valence-corrected chi connectivity index (χ1v) is 18.2. The van der Waals surface area contributed by atoms with E-state index in [1.807, 2.05) is 72.5 Å². The van der Waals surface area contributed by atoms with Gasteiger partial charge in [0.15, 0.2) is 0 Å². The van der Waals surface area contributed by atoms with Gasteiger partial charge >= 0.3 is 12.0 Å². The molecule has 1 aliphatic carbocycles. The van der Waals surface area contributed by atoms with E-state index in [1.165, 1.54) is 30.0 Å². The number of allylic oxidation sites excluding steroid dienone is 2. The average molecular weight is 689 g/mol. The Hall–Kier alpha value is -4.00. The number of thioether (sulfide) groups is 2. The predicted molar refractivity (Wildman–Crippen MR) is 190 cm³/mol. The van der Waals surface area contributed by atoms with E-state index in [0.717, 1.165) is 25.9 Å². The molecule has 0 saturated heterocycles. The Kier molecular flexibility index (Phi) is 10.1. The first-order chi connectivity index (χ1) is 22.8. The van der Waals surface area contributed by atoms with Crippen molar-refractivity contribution in [1.29, 1.82) is 0 Å². The second kappa shape index (κ2) is 14.4. The van der Waals surface area contributed by atoms with Gasteiger partial charge in [0, 0.05) is 33.8 Å². The molecule has 2 N–H and O–H groups in total. The maximum absolute atomic E-state index is 13.8. The summed E-state index contributed by atoms with van der Waals surface area (Å²) in [4.78, 5) is 58.8. The zero-order valence-corrected chi connectivity index (χ0v) is 28.8. The topological polar surface area (TPSA) is 108 Å². The standard InChI is InChI=1S/C35H36N4O5S3/c1-4-27(32(41)37-33-31(34(42)44-5-2)24-17-18-38(21(3)40)20-30(24)47-33)45-23-12-10-11-22(19-23)36-35(43)39-25-13-6-8-15-28(25)46-29-16-9-7-14-26(29)39/h6-16,19,25,27-28H,4-5,17-18,20H2,1-3H3,(H,36,43)(H,37,41). The number of hydrogen-bond donors (Lipinski definition) is 2. The third kappa shape index (κ3) is 7.00. The van der Waals surface area contributed by atoms with Crippen LogP contribution in [0.1, 0.15) is 48.0 Å². The van der Waals surface area contributed by atoms with E-state index in [4.69, 9.17) is 4.74 Å². The van der Waals surface area contributed by atoms with Crippen molar-refractivity contribution < 1.29 is 23.9 Å². The summed E-state index contributed by atoms with van der Waals surface area (Å²) in [7, 11) is 0. The van der Waals surface area contributed by atoms with Crippen molar-refractivity contribution in [2.45, 2.75) is 66.5 Å². The zero-order valence-electron chi connectivity index (χ0n) is 26.4. The van der Waals surface area contributed by atoms with Crippen molar-refractivity contribution in [2.75, 3.05) is 28.7 Å². The van der Waals surface area contributed by atoms with E-state index in [-0.39, 0.29) is 35.7 Å². The second-order valence-corrected chi connectivity index (χ2v) is 14.9. The molecule has 47 heavy (non-hydrogen) atoms. The number of thiophene rings is 1. The molecule has 12 heteroatoms. The van der Waals surface area contributed by atoms with E-state index >= 15 is 0 Å². The number of carbonyl (C=O) groups excluding carboxylic acids is 4. The third-order valence-corrected chi connectivity index (χ3v) is 12.0. The average Bonchev–Trinajstić information content (AvgIpc) is 3.43. The lowest BCUT2D eigenvalue weighted by Crippen LogP contribution is -2.49. The maximum Gasteiger partial charge on any atom is 0.341 e. The minimum atomic E-state index is -0.471. The summed E-state index contributed by atoms with van der Waals surface area (Å²) in [6.07, 6.45) is 9.24. The highest BCUT2D eigenvalue weighted by Gasteiger charge is 2.37. The quantitative estimate of drug-likeness (QED) is 0.188. The van der Waals surface area contributed by atoms with Gasteiger partial charge in [-0.1, -0.05) is 49.4 Å². The van der Waals surface area contributed by atoms with Crippen LogP contribution in [0.25, 0.3) is 0 Å². The molecule has 1 aromatic heterocycles. The Balaban J connectivity index is 1.18. The summed E-state index contributed by atoms with van der Waals surface area (Å²) in [6.45, 7) is 6.35. The highest BCUT2D eigenvalue weighted by Crippen LogP contribution is 2.44. The van der Waals surface area contributed by atoms with Crippen molar-refractivity contribution in [1.82, 2.24) is 4.90 Å². The van der Waals surface area contributed by atoms with Gasteiger partial charge in [0.2, 0.25) is 11.8 Å². The molecule has 0 fully saturated rings. The zero-order chi connectivity index (χ0) is 33.1. The van der Waals surface area contributed by atoms with Gasteiger partial charge in [-0.05, 0) is 55.7 Å². The number of esters is 1. The number of benzene rings is 2. The fourth-order valence-corrected chi connectivity index (χ4v) is 9.44. The number of carbonyl (C=O) groups is 4. The number of para-hydroxylation sites is 1. The fraction of sp³-hybridized carbons (Fsp3) is 0.314. The Labute approximate surface area is 286 Å². The SMILES string of the molecule is CCOC(=O)c1c(NC(=O)C(CC)Sc2cccc(NC(=O)N3c4ccccc4SC4C=CC=CC43)c2)sc2c1CCN(C(C)=O)C2. The van der Waals surface area contributed by atoms with Crippen LogP contribution < -0.4 is 15.5 Å². The number of hydrogen-bond acceptors (Lipinski definition) is 8. The van der Waals surface area contributed by atoms with Crippen molar-refractivity contribution in [3.05, 3.63) is 88.8 Å². The molecule has 0 radical (unpaired) electrons. The van der Waals surface area contributed by atoms with Crippen molar-refractivity contribution in [3.8, 4) is 0 Å². The number of nitrogens with one attached hydrogen (secondary N) is 2. The highest BCUT2D eigenvalue weighted by molar-refractivity contribution is 8.00. The first kappa shape index (κ1) is 32.9. The molecule has 3 aromatic rings. The van der Waals surface area contributed by atoms with Crippen molar-refractivity contribution in [3.63, 3.8) is 0 Å². The lowest BCUT2D eigenvalue weighted by Gasteiger charge is -2.40. The molecule has 244 valence electrons. The number of urea groups is 1. The molecule has 0 saturated carbocycles. The molecule has 6 rings (SSSR count). The van der Waals surface area contributed by atoms with Gasteiger partial charge in [-0.15, -0.1) is 34.9 Å².